The number of hydrogen-bond donors (Lipinski definition) is 2. The monoisotopic (exact) mass is 248 g/mol. The summed E-state index contributed by atoms with van der Waals surface area (Å²) in [7, 11) is 0. The first-order chi connectivity index (χ1) is 8.65. The molecule has 0 atom stereocenters. The highest BCUT2D eigenvalue weighted by Gasteiger charge is 2.17. The van der Waals surface area contributed by atoms with Crippen LogP contribution in [0.1, 0.15) is 31.2 Å². The van der Waals surface area contributed by atoms with Gasteiger partial charge in [0.25, 0.3) is 5.91 Å². The Morgan fingerprint density at radius 1 is 1.44 bits per heavy atom. The van der Waals surface area contributed by atoms with Crippen molar-refractivity contribution in [3.63, 3.8) is 0 Å². The fraction of sp³-hybridized carbons (Fsp3) is 0.500. The summed E-state index contributed by atoms with van der Waals surface area (Å²) in [5, 5.41) is 2.99. The second-order valence-corrected chi connectivity index (χ2v) is 4.86. The van der Waals surface area contributed by atoms with Gasteiger partial charge in [0.15, 0.2) is 6.61 Å². The first kappa shape index (κ1) is 12.7. The van der Waals surface area contributed by atoms with Crippen molar-refractivity contribution in [1.82, 2.24) is 5.32 Å². The molecule has 0 bridgehead atoms. The average molecular weight is 248 g/mol. The van der Waals surface area contributed by atoms with Crippen molar-refractivity contribution < 1.29 is 9.53 Å². The van der Waals surface area contributed by atoms with Crippen molar-refractivity contribution in [2.24, 2.45) is 0 Å². The van der Waals surface area contributed by atoms with E-state index in [9.17, 15) is 4.79 Å². The molecule has 98 valence electrons. The van der Waals surface area contributed by atoms with Crippen LogP contribution in [0.3, 0.4) is 0 Å². The minimum atomic E-state index is -0.0521. The highest BCUT2D eigenvalue weighted by Crippen LogP contribution is 2.21. The first-order valence-corrected chi connectivity index (χ1v) is 6.43. The van der Waals surface area contributed by atoms with E-state index >= 15 is 0 Å². The molecule has 1 aliphatic carbocycles. The molecule has 4 heteroatoms. The molecule has 1 amide bonds. The Morgan fingerprint density at radius 2 is 2.17 bits per heavy atom. The van der Waals surface area contributed by atoms with Gasteiger partial charge < -0.3 is 15.8 Å². The molecule has 3 N–H and O–H groups in total. The molecule has 1 fully saturated rings. The number of nitrogens with two attached hydrogens (primary N) is 1. The van der Waals surface area contributed by atoms with Crippen molar-refractivity contribution in [3.05, 3.63) is 23.8 Å². The standard InChI is InChI=1S/C14H20N2O2/c1-10-6-7-11(15)8-13(10)18-9-14(17)16-12-4-2-3-5-12/h6-8,12H,2-5,9,15H2,1H3,(H,16,17). The molecule has 2 rings (SSSR count). The van der Waals surface area contributed by atoms with Crippen LogP contribution >= 0.6 is 0 Å². The lowest BCUT2D eigenvalue weighted by molar-refractivity contribution is -0.123. The van der Waals surface area contributed by atoms with E-state index in [1.165, 1.54) is 12.8 Å². The van der Waals surface area contributed by atoms with E-state index in [0.29, 0.717) is 17.5 Å². The summed E-state index contributed by atoms with van der Waals surface area (Å²) in [5.41, 5.74) is 7.31. The number of ether oxygens (including phenoxy) is 1. The smallest absolute Gasteiger partial charge is 0.258 e. The van der Waals surface area contributed by atoms with Crippen LogP contribution in [0.4, 0.5) is 5.69 Å². The molecule has 0 saturated heterocycles. The minimum absolute atomic E-state index is 0.0521. The first-order valence-electron chi connectivity index (χ1n) is 6.43. The van der Waals surface area contributed by atoms with E-state index < -0.39 is 0 Å². The van der Waals surface area contributed by atoms with E-state index in [1.807, 2.05) is 19.1 Å². The number of nitrogen functional groups attached to an aromatic ring is 1. The summed E-state index contributed by atoms with van der Waals surface area (Å²) >= 11 is 0. The highest BCUT2D eigenvalue weighted by molar-refractivity contribution is 5.78. The van der Waals surface area contributed by atoms with Gasteiger partial charge in [-0.1, -0.05) is 18.9 Å². The third-order valence-electron chi connectivity index (χ3n) is 3.29. The number of hydrogen-bond acceptors (Lipinski definition) is 3. The zero-order valence-electron chi connectivity index (χ0n) is 10.7. The molecule has 1 aromatic carbocycles. The maximum atomic E-state index is 11.7. The fourth-order valence-electron chi connectivity index (χ4n) is 2.25. The molecule has 0 spiro atoms. The summed E-state index contributed by atoms with van der Waals surface area (Å²) in [6, 6.07) is 5.79. The van der Waals surface area contributed by atoms with Gasteiger partial charge >= 0.3 is 0 Å². The third-order valence-corrected chi connectivity index (χ3v) is 3.29. The number of carbonyl (C=O) groups is 1. The Bertz CT molecular complexity index is 426. The summed E-state index contributed by atoms with van der Waals surface area (Å²) in [6.45, 7) is 1.99. The maximum absolute atomic E-state index is 11.7. The number of carbonyl (C=O) groups excluding carboxylic acids is 1. The zero-order chi connectivity index (χ0) is 13.0. The summed E-state index contributed by atoms with van der Waals surface area (Å²) in [5.74, 6) is 0.625. The highest BCUT2D eigenvalue weighted by atomic mass is 16.5. The molecule has 1 aromatic rings. The molecular weight excluding hydrogens is 228 g/mol. The molecule has 4 nitrogen and oxygen atoms in total. The molecule has 0 heterocycles. The van der Waals surface area contributed by atoms with Gasteiger partial charge in [-0.05, 0) is 31.4 Å². The lowest BCUT2D eigenvalue weighted by Gasteiger charge is -2.13. The number of anilines is 1. The number of nitrogens with one attached hydrogen (secondary N) is 1. The van der Waals surface area contributed by atoms with Gasteiger partial charge in [0, 0.05) is 17.8 Å². The van der Waals surface area contributed by atoms with E-state index in [4.69, 9.17) is 10.5 Å². The topological polar surface area (TPSA) is 64.3 Å². The van der Waals surface area contributed by atoms with Crippen LogP contribution in [0.15, 0.2) is 18.2 Å². The van der Waals surface area contributed by atoms with Crippen molar-refractivity contribution in [2.45, 2.75) is 38.6 Å². The Labute approximate surface area is 108 Å². The van der Waals surface area contributed by atoms with Crippen LogP contribution in [0.25, 0.3) is 0 Å². The lowest BCUT2D eigenvalue weighted by atomic mass is 10.2. The van der Waals surface area contributed by atoms with Gasteiger partial charge in [-0.25, -0.2) is 0 Å². The summed E-state index contributed by atoms with van der Waals surface area (Å²) in [6.07, 6.45) is 4.59. The third kappa shape index (κ3) is 3.39. The molecule has 1 aliphatic rings. The SMILES string of the molecule is Cc1ccc(N)cc1OCC(=O)NC1CCCC1. The Balaban J connectivity index is 1.83. The second kappa shape index (κ2) is 5.76. The molecule has 1 saturated carbocycles. The molecule has 0 unspecified atom stereocenters. The quantitative estimate of drug-likeness (QED) is 0.801. The molecular formula is C14H20N2O2. The maximum Gasteiger partial charge on any atom is 0.258 e. The second-order valence-electron chi connectivity index (χ2n) is 4.86. The van der Waals surface area contributed by atoms with Crippen molar-refractivity contribution in [3.8, 4) is 5.75 Å². The average Bonchev–Trinajstić information content (AvgIpc) is 2.83. The lowest BCUT2D eigenvalue weighted by Crippen LogP contribution is -2.36. The predicted molar refractivity (Wildman–Crippen MR) is 71.5 cm³/mol. The summed E-state index contributed by atoms with van der Waals surface area (Å²) < 4.78 is 5.50. The van der Waals surface area contributed by atoms with Crippen molar-refractivity contribution >= 4 is 11.6 Å². The van der Waals surface area contributed by atoms with E-state index in [2.05, 4.69) is 5.32 Å². The van der Waals surface area contributed by atoms with Gasteiger partial charge in [0.1, 0.15) is 5.75 Å². The number of aryl methyl sites for hydroxylation is 1. The zero-order valence-corrected chi connectivity index (χ0v) is 10.7. The Kier molecular flexibility index (Phi) is 4.07. The predicted octanol–water partition coefficient (Wildman–Crippen LogP) is 2.01. The minimum Gasteiger partial charge on any atom is -0.483 e. The molecule has 0 aliphatic heterocycles. The van der Waals surface area contributed by atoms with Crippen LogP contribution < -0.4 is 15.8 Å². The molecule has 18 heavy (non-hydrogen) atoms. The fourth-order valence-corrected chi connectivity index (χ4v) is 2.25. The summed E-state index contributed by atoms with van der Waals surface area (Å²) in [4.78, 5) is 11.7. The van der Waals surface area contributed by atoms with Crippen molar-refractivity contribution in [2.75, 3.05) is 12.3 Å². The normalized spacial score (nSPS) is 15.6. The van der Waals surface area contributed by atoms with Gasteiger partial charge in [-0.15, -0.1) is 0 Å². The largest absolute Gasteiger partial charge is 0.483 e. The Hall–Kier alpha value is -1.71. The van der Waals surface area contributed by atoms with Gasteiger partial charge in [-0.2, -0.15) is 0 Å². The van der Waals surface area contributed by atoms with Crippen LogP contribution in [-0.4, -0.2) is 18.6 Å². The molecule has 0 radical (unpaired) electrons. The van der Waals surface area contributed by atoms with Crippen LogP contribution in [0.5, 0.6) is 5.75 Å². The van der Waals surface area contributed by atoms with Crippen molar-refractivity contribution in [1.29, 1.82) is 0 Å². The molecule has 0 aromatic heterocycles. The number of rotatable bonds is 4. The number of benzene rings is 1. The Morgan fingerprint density at radius 3 is 2.89 bits per heavy atom. The van der Waals surface area contributed by atoms with Gasteiger partial charge in [0.05, 0.1) is 0 Å². The van der Waals surface area contributed by atoms with E-state index in [1.54, 1.807) is 6.07 Å². The van der Waals surface area contributed by atoms with Gasteiger partial charge in [-0.3, -0.25) is 4.79 Å². The van der Waals surface area contributed by atoms with Crippen LogP contribution in [0.2, 0.25) is 0 Å². The van der Waals surface area contributed by atoms with Crippen LogP contribution in [0, 0.1) is 6.92 Å². The number of amides is 1. The van der Waals surface area contributed by atoms with E-state index in [-0.39, 0.29) is 12.5 Å². The van der Waals surface area contributed by atoms with Crippen LogP contribution in [-0.2, 0) is 4.79 Å². The van der Waals surface area contributed by atoms with Gasteiger partial charge in [0.2, 0.25) is 0 Å². The van der Waals surface area contributed by atoms with E-state index in [0.717, 1.165) is 18.4 Å².